The van der Waals surface area contributed by atoms with Crippen molar-refractivity contribution in [3.8, 4) is 22.4 Å². The Balaban J connectivity index is 2.08. The molecule has 0 aliphatic rings. The van der Waals surface area contributed by atoms with Gasteiger partial charge in [-0.1, -0.05) is 43.7 Å². The molecular weight excluding hydrogens is 381 g/mol. The molecule has 31 heavy (non-hydrogen) atoms. The van der Waals surface area contributed by atoms with Gasteiger partial charge in [0.05, 0.1) is 5.39 Å². The summed E-state index contributed by atoms with van der Waals surface area (Å²) in [6.07, 6.45) is 0.971. The van der Waals surface area contributed by atoms with E-state index in [9.17, 15) is 4.39 Å². The summed E-state index contributed by atoms with van der Waals surface area (Å²) in [5.41, 5.74) is 8.10. The number of rotatable bonds is 4. The first kappa shape index (κ1) is 17.7. The van der Waals surface area contributed by atoms with Crippen molar-refractivity contribution in [1.82, 2.24) is 0 Å². The Morgan fingerprint density at radius 2 is 1.68 bits per heavy atom. The lowest BCUT2D eigenvalue weighted by atomic mass is 9.92. The SMILES string of the molecule is [2H]C([2H])([2H])c1cc(C)cc(-c2cc(-c3ccc(F)cc3)c3ccc(CC(C)C)cc3[n+]2C)c1C. The van der Waals surface area contributed by atoms with Crippen LogP contribution in [0.2, 0.25) is 0 Å². The lowest BCUT2D eigenvalue weighted by Crippen LogP contribution is -2.32. The standard InChI is InChI=1S/C29H31FN/c1-18(2)13-22-7-12-25-27(23-8-10-24(30)11-9-23)17-29(31(6)28(25)16-22)26-15-19(3)14-20(4)21(26)5/h7-12,14-18H,13H2,1-6H3/q+1/i4D3. The van der Waals surface area contributed by atoms with Crippen molar-refractivity contribution in [2.75, 3.05) is 0 Å². The van der Waals surface area contributed by atoms with Crippen molar-refractivity contribution in [2.45, 2.75) is 41.0 Å². The minimum atomic E-state index is -2.19. The molecule has 0 unspecified atom stereocenters. The van der Waals surface area contributed by atoms with Crippen LogP contribution in [0, 0.1) is 32.4 Å². The number of hydrogen-bond acceptors (Lipinski definition) is 0. The average molecular weight is 416 g/mol. The molecule has 0 N–H and O–H groups in total. The van der Waals surface area contributed by atoms with E-state index in [-0.39, 0.29) is 5.82 Å². The minimum Gasteiger partial charge on any atom is -0.207 e. The monoisotopic (exact) mass is 415 g/mol. The third-order valence-electron chi connectivity index (χ3n) is 5.98. The van der Waals surface area contributed by atoms with E-state index >= 15 is 0 Å². The van der Waals surface area contributed by atoms with Crippen molar-refractivity contribution in [1.29, 1.82) is 0 Å². The van der Waals surface area contributed by atoms with Crippen LogP contribution in [0.3, 0.4) is 0 Å². The fourth-order valence-corrected chi connectivity index (χ4v) is 4.37. The molecule has 3 aromatic carbocycles. The molecule has 4 rings (SSSR count). The van der Waals surface area contributed by atoms with Gasteiger partial charge in [0.15, 0.2) is 0 Å². The maximum Gasteiger partial charge on any atom is 0.213 e. The van der Waals surface area contributed by atoms with Crippen LogP contribution in [0.25, 0.3) is 33.3 Å². The van der Waals surface area contributed by atoms with E-state index in [1.807, 2.05) is 20.9 Å². The minimum absolute atomic E-state index is 0.272. The molecule has 0 saturated carbocycles. The van der Waals surface area contributed by atoms with Crippen molar-refractivity contribution < 1.29 is 13.1 Å². The van der Waals surface area contributed by atoms with E-state index in [0.29, 0.717) is 11.5 Å². The molecule has 1 nitrogen and oxygen atoms in total. The van der Waals surface area contributed by atoms with E-state index in [4.69, 9.17) is 4.11 Å². The molecule has 4 aromatic rings. The van der Waals surface area contributed by atoms with Crippen molar-refractivity contribution in [3.05, 3.63) is 88.7 Å². The zero-order valence-electron chi connectivity index (χ0n) is 21.9. The number of hydrogen-bond donors (Lipinski definition) is 0. The molecule has 0 spiro atoms. The quantitative estimate of drug-likeness (QED) is 0.309. The number of nitrogens with zero attached hydrogens (tertiary/aromatic N) is 1. The van der Waals surface area contributed by atoms with Gasteiger partial charge in [0.1, 0.15) is 12.9 Å². The van der Waals surface area contributed by atoms with E-state index in [0.717, 1.165) is 50.8 Å². The third kappa shape index (κ3) is 4.12. The van der Waals surface area contributed by atoms with Crippen molar-refractivity contribution >= 4 is 10.9 Å². The predicted molar refractivity (Wildman–Crippen MR) is 129 cm³/mol. The Kier molecular flexibility index (Phi) is 4.71. The molecule has 158 valence electrons. The van der Waals surface area contributed by atoms with Gasteiger partial charge in [-0.15, -0.1) is 0 Å². The first-order valence-electron chi connectivity index (χ1n) is 12.3. The molecule has 0 bridgehead atoms. The normalized spacial score (nSPS) is 13.3. The number of halogens is 1. The first-order chi connectivity index (χ1) is 16.0. The Bertz CT molecular complexity index is 1370. The second kappa shape index (κ2) is 8.26. The summed E-state index contributed by atoms with van der Waals surface area (Å²) < 4.78 is 40.0. The number of fused-ring (bicyclic) bond motifs is 1. The van der Waals surface area contributed by atoms with Crippen LogP contribution in [-0.2, 0) is 13.5 Å². The molecule has 0 aliphatic carbocycles. The molecule has 0 fully saturated rings. The van der Waals surface area contributed by atoms with Crippen LogP contribution in [0.1, 0.15) is 40.2 Å². The van der Waals surface area contributed by atoms with Gasteiger partial charge >= 0.3 is 0 Å². The molecule has 0 saturated heterocycles. The maximum absolute atomic E-state index is 13.7. The Morgan fingerprint density at radius 3 is 2.35 bits per heavy atom. The van der Waals surface area contributed by atoms with Gasteiger partial charge in [0.2, 0.25) is 11.2 Å². The Morgan fingerprint density at radius 1 is 0.935 bits per heavy atom. The zero-order chi connectivity index (χ0) is 24.8. The Labute approximate surface area is 189 Å². The van der Waals surface area contributed by atoms with E-state index in [1.165, 1.54) is 17.7 Å². The number of aromatic nitrogens is 1. The lowest BCUT2D eigenvalue weighted by molar-refractivity contribution is -0.633. The van der Waals surface area contributed by atoms with Crippen LogP contribution in [0.15, 0.2) is 60.7 Å². The molecule has 1 aromatic heterocycles. The summed E-state index contributed by atoms with van der Waals surface area (Å²) >= 11 is 0. The smallest absolute Gasteiger partial charge is 0.207 e. The van der Waals surface area contributed by atoms with Crippen LogP contribution in [0.5, 0.6) is 0 Å². The van der Waals surface area contributed by atoms with Crippen LogP contribution < -0.4 is 4.57 Å². The fraction of sp³-hybridized carbons (Fsp3) is 0.276. The second-order valence-electron chi connectivity index (χ2n) is 8.94. The lowest BCUT2D eigenvalue weighted by Gasteiger charge is -2.14. The first-order valence-corrected chi connectivity index (χ1v) is 10.8. The van der Waals surface area contributed by atoms with Gasteiger partial charge < -0.3 is 0 Å². The molecule has 1 heterocycles. The molecule has 2 heteroatoms. The summed E-state index contributed by atoms with van der Waals surface area (Å²) in [6, 6.07) is 19.0. The number of aryl methyl sites for hydroxylation is 3. The fourth-order valence-electron chi connectivity index (χ4n) is 4.37. The van der Waals surface area contributed by atoms with E-state index < -0.39 is 6.85 Å². The van der Waals surface area contributed by atoms with Crippen LogP contribution >= 0.6 is 0 Å². The summed E-state index contributed by atoms with van der Waals surface area (Å²) in [5.74, 6) is 0.259. The number of pyridine rings is 1. The van der Waals surface area contributed by atoms with Crippen molar-refractivity contribution in [3.63, 3.8) is 0 Å². The highest BCUT2D eigenvalue weighted by atomic mass is 19.1. The second-order valence-corrected chi connectivity index (χ2v) is 8.94. The maximum atomic E-state index is 13.7. The van der Waals surface area contributed by atoms with Gasteiger partial charge in [-0.25, -0.2) is 4.39 Å². The highest BCUT2D eigenvalue weighted by Gasteiger charge is 2.21. The summed E-state index contributed by atoms with van der Waals surface area (Å²) in [5, 5.41) is 1.08. The largest absolute Gasteiger partial charge is 0.213 e. The summed E-state index contributed by atoms with van der Waals surface area (Å²) in [7, 11) is 2.03. The third-order valence-corrected chi connectivity index (χ3v) is 5.98. The molecule has 0 aliphatic heterocycles. The van der Waals surface area contributed by atoms with Gasteiger partial charge in [-0.2, -0.15) is 4.57 Å². The van der Waals surface area contributed by atoms with Crippen LogP contribution in [-0.4, -0.2) is 0 Å². The Hall–Kier alpha value is -3.00. The molecule has 0 atom stereocenters. The molecule has 0 amide bonds. The van der Waals surface area contributed by atoms with Gasteiger partial charge in [-0.05, 0) is 79.6 Å². The van der Waals surface area contributed by atoms with Crippen LogP contribution in [0.4, 0.5) is 4.39 Å². The predicted octanol–water partition coefficient (Wildman–Crippen LogP) is 7.26. The highest BCUT2D eigenvalue weighted by molar-refractivity contribution is 5.95. The number of benzene rings is 3. The van der Waals surface area contributed by atoms with Gasteiger partial charge in [0.25, 0.3) is 0 Å². The van der Waals surface area contributed by atoms with Gasteiger partial charge in [0, 0.05) is 27.4 Å². The average Bonchev–Trinajstić information content (AvgIpc) is 2.75. The highest BCUT2D eigenvalue weighted by Crippen LogP contribution is 2.34. The molecular formula is C29H31FN+. The summed E-state index contributed by atoms with van der Waals surface area (Å²) in [4.78, 5) is 0. The zero-order valence-corrected chi connectivity index (χ0v) is 18.9. The van der Waals surface area contributed by atoms with Crippen molar-refractivity contribution in [2.24, 2.45) is 13.0 Å². The molecule has 0 radical (unpaired) electrons. The topological polar surface area (TPSA) is 3.88 Å². The van der Waals surface area contributed by atoms with E-state index in [1.54, 1.807) is 18.2 Å². The van der Waals surface area contributed by atoms with E-state index in [2.05, 4.69) is 48.7 Å². The summed E-state index contributed by atoms with van der Waals surface area (Å²) in [6.45, 7) is 6.03. The van der Waals surface area contributed by atoms with Gasteiger partial charge in [-0.3, -0.25) is 0 Å².